The van der Waals surface area contributed by atoms with Crippen LogP contribution in [0.1, 0.15) is 18.9 Å². The highest BCUT2D eigenvalue weighted by Gasteiger charge is 2.10. The summed E-state index contributed by atoms with van der Waals surface area (Å²) in [7, 11) is 0. The van der Waals surface area contributed by atoms with Gasteiger partial charge in [-0.1, -0.05) is 30.3 Å². The third-order valence-corrected chi connectivity index (χ3v) is 4.01. The first-order valence-electron chi connectivity index (χ1n) is 8.81. The van der Waals surface area contributed by atoms with E-state index in [1.807, 2.05) is 13.0 Å². The summed E-state index contributed by atoms with van der Waals surface area (Å²) in [4.78, 5) is 17.3. The van der Waals surface area contributed by atoms with Crippen molar-refractivity contribution >= 4 is 23.1 Å². The molecule has 1 N–H and O–H groups in total. The zero-order valence-electron chi connectivity index (χ0n) is 15.1. The fourth-order valence-corrected chi connectivity index (χ4v) is 2.67. The number of anilines is 1. The van der Waals surface area contributed by atoms with Crippen LogP contribution in [-0.4, -0.2) is 29.0 Å². The van der Waals surface area contributed by atoms with Crippen LogP contribution in [0, 0.1) is 5.82 Å². The molecule has 1 aromatic heterocycles. The zero-order chi connectivity index (χ0) is 19.1. The molecule has 0 aliphatic heterocycles. The van der Waals surface area contributed by atoms with E-state index in [1.165, 1.54) is 16.8 Å². The second-order valence-corrected chi connectivity index (χ2v) is 5.85. The number of benzene rings is 2. The Morgan fingerprint density at radius 2 is 2.00 bits per heavy atom. The summed E-state index contributed by atoms with van der Waals surface area (Å²) < 4.78 is 20.6. The van der Waals surface area contributed by atoms with E-state index in [-0.39, 0.29) is 11.4 Å². The molecule has 0 unspecified atom stereocenters. The highest BCUT2D eigenvalue weighted by atomic mass is 19.1. The Hall–Kier alpha value is -3.06. The van der Waals surface area contributed by atoms with Crippen molar-refractivity contribution in [2.75, 3.05) is 18.6 Å². The molecule has 7 heteroatoms. The van der Waals surface area contributed by atoms with Gasteiger partial charge >= 0.3 is 0 Å². The van der Waals surface area contributed by atoms with Crippen molar-refractivity contribution in [1.82, 2.24) is 9.55 Å². The van der Waals surface area contributed by atoms with E-state index in [9.17, 15) is 9.18 Å². The molecular weight excluding hydrogens is 347 g/mol. The molecule has 0 atom stereocenters. The van der Waals surface area contributed by atoms with E-state index in [0.717, 1.165) is 0 Å². The largest absolute Gasteiger partial charge is 0.382 e. The molecule has 2 aromatic carbocycles. The predicted molar refractivity (Wildman–Crippen MR) is 105 cm³/mol. The Labute approximate surface area is 156 Å². The van der Waals surface area contributed by atoms with E-state index in [0.29, 0.717) is 48.6 Å². The van der Waals surface area contributed by atoms with Gasteiger partial charge in [0.15, 0.2) is 0 Å². The Morgan fingerprint density at radius 1 is 1.22 bits per heavy atom. The van der Waals surface area contributed by atoms with Gasteiger partial charge in [-0.05, 0) is 31.5 Å². The lowest BCUT2D eigenvalue weighted by atomic mass is 10.2. The molecule has 140 valence electrons. The SMILES string of the molecule is CCOCCCn1c(N/N=C\c2ccccc2F)nc2ccccc2c1=O. The van der Waals surface area contributed by atoms with Gasteiger partial charge in [0.1, 0.15) is 5.82 Å². The number of ether oxygens (including phenoxy) is 1. The van der Waals surface area contributed by atoms with E-state index in [4.69, 9.17) is 4.74 Å². The predicted octanol–water partition coefficient (Wildman–Crippen LogP) is 3.41. The van der Waals surface area contributed by atoms with Crippen molar-refractivity contribution in [2.24, 2.45) is 5.10 Å². The minimum absolute atomic E-state index is 0.152. The number of hydrazone groups is 1. The van der Waals surface area contributed by atoms with E-state index in [2.05, 4.69) is 15.5 Å². The number of aromatic nitrogens is 2. The summed E-state index contributed by atoms with van der Waals surface area (Å²) >= 11 is 0. The highest BCUT2D eigenvalue weighted by Crippen LogP contribution is 2.12. The van der Waals surface area contributed by atoms with Crippen LogP contribution in [-0.2, 0) is 11.3 Å². The van der Waals surface area contributed by atoms with Crippen LogP contribution in [0.2, 0.25) is 0 Å². The fraction of sp³-hybridized carbons (Fsp3) is 0.250. The molecule has 0 radical (unpaired) electrons. The second kappa shape index (κ2) is 9.05. The Balaban J connectivity index is 1.89. The van der Waals surface area contributed by atoms with Crippen molar-refractivity contribution in [3.8, 4) is 0 Å². The first kappa shape index (κ1) is 18.7. The molecule has 0 fully saturated rings. The van der Waals surface area contributed by atoms with E-state index < -0.39 is 0 Å². The van der Waals surface area contributed by atoms with E-state index >= 15 is 0 Å². The molecule has 0 amide bonds. The molecule has 0 saturated carbocycles. The maximum atomic E-state index is 13.7. The number of hydrogen-bond donors (Lipinski definition) is 1. The van der Waals surface area contributed by atoms with E-state index in [1.54, 1.807) is 36.4 Å². The van der Waals surface area contributed by atoms with Gasteiger partial charge in [0.25, 0.3) is 5.56 Å². The molecule has 6 nitrogen and oxygen atoms in total. The maximum absolute atomic E-state index is 13.7. The van der Waals surface area contributed by atoms with Gasteiger partial charge in [-0.25, -0.2) is 14.8 Å². The lowest BCUT2D eigenvalue weighted by molar-refractivity contribution is 0.141. The second-order valence-electron chi connectivity index (χ2n) is 5.85. The standard InChI is InChI=1S/C20H21FN4O2/c1-2-27-13-7-12-25-19(26)16-9-4-6-11-18(16)23-20(25)24-22-14-15-8-3-5-10-17(15)21/h3-6,8-11,14H,2,7,12-13H2,1H3,(H,23,24)/b22-14-. The monoisotopic (exact) mass is 368 g/mol. The van der Waals surface area contributed by atoms with Crippen LogP contribution in [0.5, 0.6) is 0 Å². The zero-order valence-corrected chi connectivity index (χ0v) is 15.1. The highest BCUT2D eigenvalue weighted by molar-refractivity contribution is 5.81. The molecule has 0 saturated heterocycles. The first-order chi connectivity index (χ1) is 13.2. The van der Waals surface area contributed by atoms with Crippen molar-refractivity contribution in [3.05, 3.63) is 70.3 Å². The number of nitrogens with one attached hydrogen (secondary N) is 1. The summed E-state index contributed by atoms with van der Waals surface area (Å²) in [5, 5.41) is 4.60. The summed E-state index contributed by atoms with van der Waals surface area (Å²) in [6.07, 6.45) is 2.03. The van der Waals surface area contributed by atoms with Gasteiger partial charge in [-0.15, -0.1) is 0 Å². The minimum Gasteiger partial charge on any atom is -0.382 e. The number of nitrogens with zero attached hydrogens (tertiary/aromatic N) is 3. The quantitative estimate of drug-likeness (QED) is 0.376. The molecule has 0 aliphatic carbocycles. The van der Waals surface area contributed by atoms with Crippen LogP contribution in [0.25, 0.3) is 10.9 Å². The third kappa shape index (κ3) is 4.57. The molecule has 0 spiro atoms. The van der Waals surface area contributed by atoms with Crippen molar-refractivity contribution in [1.29, 1.82) is 0 Å². The van der Waals surface area contributed by atoms with Gasteiger partial charge in [0.2, 0.25) is 5.95 Å². The van der Waals surface area contributed by atoms with Crippen LogP contribution in [0.3, 0.4) is 0 Å². The average Bonchev–Trinajstić information content (AvgIpc) is 2.68. The molecule has 27 heavy (non-hydrogen) atoms. The summed E-state index contributed by atoms with van der Waals surface area (Å²) in [5.41, 5.74) is 3.54. The topological polar surface area (TPSA) is 68.5 Å². The van der Waals surface area contributed by atoms with Crippen LogP contribution in [0.15, 0.2) is 58.4 Å². The lowest BCUT2D eigenvalue weighted by Crippen LogP contribution is -2.25. The van der Waals surface area contributed by atoms with Crippen molar-refractivity contribution in [3.63, 3.8) is 0 Å². The minimum atomic E-state index is -0.372. The van der Waals surface area contributed by atoms with Gasteiger partial charge in [0.05, 0.1) is 17.1 Å². The molecule has 3 rings (SSSR count). The number of rotatable bonds is 8. The molecule has 3 aromatic rings. The Bertz CT molecular complexity index is 1000. The number of para-hydroxylation sites is 1. The molecular formula is C20H21FN4O2. The number of hydrogen-bond acceptors (Lipinski definition) is 5. The average molecular weight is 368 g/mol. The van der Waals surface area contributed by atoms with Crippen LogP contribution < -0.4 is 11.0 Å². The summed E-state index contributed by atoms with van der Waals surface area (Å²) in [6, 6.07) is 13.5. The summed E-state index contributed by atoms with van der Waals surface area (Å²) in [6.45, 7) is 3.54. The molecule has 0 bridgehead atoms. The fourth-order valence-electron chi connectivity index (χ4n) is 2.67. The Kier molecular flexibility index (Phi) is 6.27. The summed E-state index contributed by atoms with van der Waals surface area (Å²) in [5.74, 6) is -0.0635. The molecule has 0 aliphatic rings. The number of fused-ring (bicyclic) bond motifs is 1. The smallest absolute Gasteiger partial charge is 0.262 e. The van der Waals surface area contributed by atoms with Crippen LogP contribution >= 0.6 is 0 Å². The lowest BCUT2D eigenvalue weighted by Gasteiger charge is -2.12. The number of halogens is 1. The Morgan fingerprint density at radius 3 is 2.81 bits per heavy atom. The van der Waals surface area contributed by atoms with Gasteiger partial charge in [-0.2, -0.15) is 5.10 Å². The first-order valence-corrected chi connectivity index (χ1v) is 8.81. The van der Waals surface area contributed by atoms with Gasteiger partial charge in [0, 0.05) is 25.3 Å². The normalized spacial score (nSPS) is 11.3. The van der Waals surface area contributed by atoms with Gasteiger partial charge in [-0.3, -0.25) is 9.36 Å². The van der Waals surface area contributed by atoms with Crippen molar-refractivity contribution < 1.29 is 9.13 Å². The van der Waals surface area contributed by atoms with Gasteiger partial charge < -0.3 is 4.74 Å². The van der Waals surface area contributed by atoms with Crippen molar-refractivity contribution in [2.45, 2.75) is 19.9 Å². The maximum Gasteiger partial charge on any atom is 0.262 e. The third-order valence-electron chi connectivity index (χ3n) is 4.01. The molecule has 1 heterocycles. The van der Waals surface area contributed by atoms with Crippen LogP contribution in [0.4, 0.5) is 10.3 Å².